The third-order valence-corrected chi connectivity index (χ3v) is 4.81. The summed E-state index contributed by atoms with van der Waals surface area (Å²) in [6, 6.07) is 2.03. The van der Waals surface area contributed by atoms with Gasteiger partial charge in [-0.25, -0.2) is 0 Å². The summed E-state index contributed by atoms with van der Waals surface area (Å²) < 4.78 is 10.9. The number of thioether (sulfide) groups is 1. The third kappa shape index (κ3) is 3.01. The molecule has 0 saturated heterocycles. The van der Waals surface area contributed by atoms with Gasteiger partial charge in [-0.15, -0.1) is 21.5 Å². The number of aryl methyl sites for hydroxylation is 2. The molecule has 0 aliphatic heterocycles. The minimum absolute atomic E-state index is 0.0319. The lowest BCUT2D eigenvalue weighted by molar-refractivity contribution is 0.374. The van der Waals surface area contributed by atoms with Crippen LogP contribution in [0.25, 0.3) is 10.8 Å². The van der Waals surface area contributed by atoms with Crippen molar-refractivity contribution in [2.45, 2.75) is 37.7 Å². The van der Waals surface area contributed by atoms with Gasteiger partial charge in [-0.3, -0.25) is 0 Å². The Morgan fingerprint density at radius 3 is 2.90 bits per heavy atom. The molecule has 1 atom stereocenters. The van der Waals surface area contributed by atoms with Gasteiger partial charge in [0.25, 0.3) is 11.1 Å². The molecule has 8 heteroatoms. The van der Waals surface area contributed by atoms with Crippen LogP contribution in [0.15, 0.2) is 25.6 Å². The van der Waals surface area contributed by atoms with Gasteiger partial charge >= 0.3 is 0 Å². The fourth-order valence-electron chi connectivity index (χ4n) is 1.72. The first-order valence-electron chi connectivity index (χ1n) is 6.54. The molecule has 0 spiro atoms. The topological polar surface area (TPSA) is 77.8 Å². The molecular weight excluding hydrogens is 308 g/mol. The molecular formula is C13H14N4O2S2. The van der Waals surface area contributed by atoms with Crippen LogP contribution in [0.1, 0.15) is 36.4 Å². The minimum atomic E-state index is -0.0319. The second kappa shape index (κ2) is 5.98. The molecule has 0 saturated carbocycles. The van der Waals surface area contributed by atoms with Gasteiger partial charge < -0.3 is 8.94 Å². The summed E-state index contributed by atoms with van der Waals surface area (Å²) in [7, 11) is 0. The lowest BCUT2D eigenvalue weighted by Crippen LogP contribution is -1.90. The Labute approximate surface area is 130 Å². The third-order valence-electron chi connectivity index (χ3n) is 2.89. The summed E-state index contributed by atoms with van der Waals surface area (Å²) in [6.45, 7) is 5.98. The highest BCUT2D eigenvalue weighted by atomic mass is 32.2. The van der Waals surface area contributed by atoms with E-state index < -0.39 is 0 Å². The fourth-order valence-corrected chi connectivity index (χ4v) is 3.28. The number of thiophene rings is 1. The standard InChI is InChI=1S/C13H14N4O2S2/c1-4-9-14-11(19-17-9)8(3)21-13-16-15-12(18-13)10-7(2)5-6-20-10/h5-6,8H,4H2,1-3H3. The molecule has 3 rings (SSSR count). The average Bonchev–Trinajstić information content (AvgIpc) is 3.18. The first-order chi connectivity index (χ1) is 10.2. The van der Waals surface area contributed by atoms with Gasteiger partial charge in [0.15, 0.2) is 5.82 Å². The summed E-state index contributed by atoms with van der Waals surface area (Å²) in [5.74, 6) is 1.83. The Morgan fingerprint density at radius 1 is 1.38 bits per heavy atom. The summed E-state index contributed by atoms with van der Waals surface area (Å²) in [5.41, 5.74) is 1.14. The number of hydrogen-bond donors (Lipinski definition) is 0. The molecule has 3 aromatic heterocycles. The second-order valence-electron chi connectivity index (χ2n) is 4.47. The van der Waals surface area contributed by atoms with Crippen molar-refractivity contribution >= 4 is 23.1 Å². The maximum atomic E-state index is 5.70. The molecule has 0 aliphatic carbocycles. The molecule has 21 heavy (non-hydrogen) atoms. The van der Waals surface area contributed by atoms with Gasteiger partial charge in [-0.05, 0) is 30.9 Å². The summed E-state index contributed by atoms with van der Waals surface area (Å²) in [4.78, 5) is 5.32. The lowest BCUT2D eigenvalue weighted by atomic mass is 10.3. The van der Waals surface area contributed by atoms with Crippen LogP contribution in [-0.2, 0) is 6.42 Å². The summed E-state index contributed by atoms with van der Waals surface area (Å²) >= 11 is 3.00. The highest BCUT2D eigenvalue weighted by Gasteiger charge is 2.19. The Kier molecular flexibility index (Phi) is 4.07. The smallest absolute Gasteiger partial charge is 0.277 e. The van der Waals surface area contributed by atoms with Gasteiger partial charge in [-0.2, -0.15) is 4.98 Å². The van der Waals surface area contributed by atoms with Gasteiger partial charge in [0.1, 0.15) is 0 Å². The molecule has 0 aromatic carbocycles. The SMILES string of the molecule is CCc1noc(C(C)Sc2nnc(-c3sccc3C)o2)n1. The van der Waals surface area contributed by atoms with Crippen LogP contribution < -0.4 is 0 Å². The molecule has 6 nitrogen and oxygen atoms in total. The largest absolute Gasteiger partial charge is 0.410 e. The summed E-state index contributed by atoms with van der Waals surface area (Å²) in [5, 5.41) is 14.5. The van der Waals surface area contributed by atoms with Crippen molar-refractivity contribution in [2.24, 2.45) is 0 Å². The van der Waals surface area contributed by atoms with E-state index in [0.717, 1.165) is 16.9 Å². The van der Waals surface area contributed by atoms with E-state index in [1.807, 2.05) is 32.2 Å². The van der Waals surface area contributed by atoms with Crippen LogP contribution in [0.2, 0.25) is 0 Å². The van der Waals surface area contributed by atoms with E-state index in [4.69, 9.17) is 8.94 Å². The van der Waals surface area contributed by atoms with Crippen molar-refractivity contribution in [3.8, 4) is 10.8 Å². The lowest BCUT2D eigenvalue weighted by Gasteiger charge is -2.00. The molecule has 0 N–H and O–H groups in total. The predicted octanol–water partition coefficient (Wildman–Crippen LogP) is 3.91. The van der Waals surface area contributed by atoms with Crippen molar-refractivity contribution in [3.63, 3.8) is 0 Å². The van der Waals surface area contributed by atoms with Crippen molar-refractivity contribution in [1.82, 2.24) is 20.3 Å². The molecule has 0 radical (unpaired) electrons. The Bertz CT molecular complexity index is 734. The van der Waals surface area contributed by atoms with Crippen molar-refractivity contribution in [1.29, 1.82) is 0 Å². The molecule has 0 amide bonds. The van der Waals surface area contributed by atoms with Gasteiger partial charge in [0, 0.05) is 6.42 Å². The zero-order valence-corrected chi connectivity index (χ0v) is 13.5. The van der Waals surface area contributed by atoms with E-state index in [1.165, 1.54) is 11.8 Å². The zero-order chi connectivity index (χ0) is 14.8. The molecule has 1 unspecified atom stereocenters. The van der Waals surface area contributed by atoms with E-state index in [1.54, 1.807) is 11.3 Å². The van der Waals surface area contributed by atoms with Crippen LogP contribution in [0.3, 0.4) is 0 Å². The number of hydrogen-bond acceptors (Lipinski definition) is 8. The molecule has 3 aromatic rings. The minimum Gasteiger partial charge on any atom is -0.410 e. The molecule has 0 aliphatic rings. The van der Waals surface area contributed by atoms with Gasteiger partial charge in [-0.1, -0.05) is 23.8 Å². The van der Waals surface area contributed by atoms with Crippen LogP contribution in [-0.4, -0.2) is 20.3 Å². The quantitative estimate of drug-likeness (QED) is 0.659. The van der Waals surface area contributed by atoms with E-state index in [0.29, 0.717) is 22.8 Å². The van der Waals surface area contributed by atoms with Gasteiger partial charge in [0.2, 0.25) is 5.89 Å². The molecule has 3 heterocycles. The Balaban J connectivity index is 1.73. The number of rotatable bonds is 5. The number of aromatic nitrogens is 4. The monoisotopic (exact) mass is 322 g/mol. The number of nitrogens with zero attached hydrogens (tertiary/aromatic N) is 4. The molecule has 110 valence electrons. The zero-order valence-electron chi connectivity index (χ0n) is 11.9. The van der Waals surface area contributed by atoms with E-state index in [2.05, 4.69) is 20.3 Å². The van der Waals surface area contributed by atoms with Crippen molar-refractivity contribution in [2.75, 3.05) is 0 Å². The second-order valence-corrected chi connectivity index (χ2v) is 6.68. The molecule has 0 fully saturated rings. The van der Waals surface area contributed by atoms with E-state index in [9.17, 15) is 0 Å². The van der Waals surface area contributed by atoms with Crippen molar-refractivity contribution < 1.29 is 8.94 Å². The van der Waals surface area contributed by atoms with Gasteiger partial charge in [0.05, 0.1) is 10.1 Å². The fraction of sp³-hybridized carbons (Fsp3) is 0.385. The maximum Gasteiger partial charge on any atom is 0.277 e. The van der Waals surface area contributed by atoms with E-state index >= 15 is 0 Å². The van der Waals surface area contributed by atoms with Crippen LogP contribution in [0.4, 0.5) is 0 Å². The van der Waals surface area contributed by atoms with Crippen LogP contribution in [0, 0.1) is 6.92 Å². The van der Waals surface area contributed by atoms with Crippen LogP contribution in [0.5, 0.6) is 0 Å². The van der Waals surface area contributed by atoms with E-state index in [-0.39, 0.29) is 5.25 Å². The first-order valence-corrected chi connectivity index (χ1v) is 8.30. The highest BCUT2D eigenvalue weighted by molar-refractivity contribution is 7.99. The highest BCUT2D eigenvalue weighted by Crippen LogP contribution is 2.35. The maximum absolute atomic E-state index is 5.70. The normalized spacial score (nSPS) is 12.7. The Morgan fingerprint density at radius 2 is 2.24 bits per heavy atom. The first kappa shape index (κ1) is 14.3. The van der Waals surface area contributed by atoms with Crippen molar-refractivity contribution in [3.05, 3.63) is 28.7 Å². The average molecular weight is 322 g/mol. The molecule has 0 bridgehead atoms. The van der Waals surface area contributed by atoms with Crippen LogP contribution >= 0.6 is 23.1 Å². The Hall–Kier alpha value is -1.67. The summed E-state index contributed by atoms with van der Waals surface area (Å²) in [6.07, 6.45) is 0.753. The predicted molar refractivity (Wildman–Crippen MR) is 80.3 cm³/mol.